The third-order valence-corrected chi connectivity index (χ3v) is 4.21. The highest BCUT2D eigenvalue weighted by Crippen LogP contribution is 2.33. The van der Waals surface area contributed by atoms with Crippen molar-refractivity contribution >= 4 is 5.91 Å². The summed E-state index contributed by atoms with van der Waals surface area (Å²) in [6, 6.07) is 13.7. The smallest absolute Gasteiger partial charge is 0.434 e. The molecule has 5 nitrogen and oxygen atoms in total. The molecule has 2 aromatic carbocycles. The molecule has 0 aliphatic carbocycles. The summed E-state index contributed by atoms with van der Waals surface area (Å²) >= 11 is 0. The van der Waals surface area contributed by atoms with Crippen molar-refractivity contribution in [1.29, 1.82) is 0 Å². The van der Waals surface area contributed by atoms with Crippen LogP contribution in [-0.2, 0) is 6.18 Å². The molecule has 3 aromatic rings. The van der Waals surface area contributed by atoms with E-state index in [2.05, 4.69) is 10.4 Å². The number of hydrogen-bond donors (Lipinski definition) is 1. The molecular weight excluding hydrogens is 383 g/mol. The maximum atomic E-state index is 13.6. The zero-order valence-corrected chi connectivity index (χ0v) is 16.0. The van der Waals surface area contributed by atoms with Gasteiger partial charge in [-0.15, -0.1) is 0 Å². The molecule has 0 bridgehead atoms. The van der Waals surface area contributed by atoms with Crippen molar-refractivity contribution in [3.8, 4) is 11.4 Å². The van der Waals surface area contributed by atoms with Crippen LogP contribution in [0.15, 0.2) is 54.7 Å². The van der Waals surface area contributed by atoms with E-state index in [1.165, 1.54) is 12.1 Å². The van der Waals surface area contributed by atoms with E-state index in [1.807, 2.05) is 32.0 Å². The lowest BCUT2D eigenvalue weighted by atomic mass is 10.2. The molecule has 0 aliphatic rings. The number of ether oxygens (including phenoxy) is 1. The summed E-state index contributed by atoms with van der Waals surface area (Å²) in [5, 5.41) is 6.25. The first-order chi connectivity index (χ1) is 13.8. The van der Waals surface area contributed by atoms with Crippen LogP contribution in [0, 0.1) is 13.8 Å². The first kappa shape index (κ1) is 20.4. The van der Waals surface area contributed by atoms with Crippen LogP contribution in [0.1, 0.15) is 27.2 Å². The van der Waals surface area contributed by atoms with Crippen LogP contribution in [-0.4, -0.2) is 28.8 Å². The first-order valence-corrected chi connectivity index (χ1v) is 8.95. The summed E-state index contributed by atoms with van der Waals surface area (Å²) in [5.74, 6) is -0.231. The topological polar surface area (TPSA) is 56.2 Å². The Kier molecular flexibility index (Phi) is 5.91. The van der Waals surface area contributed by atoms with E-state index < -0.39 is 23.3 Å². The number of aromatic nitrogens is 2. The molecule has 3 rings (SSSR count). The second-order valence-electron chi connectivity index (χ2n) is 6.57. The minimum Gasteiger partial charge on any atom is -0.492 e. The average molecular weight is 403 g/mol. The Morgan fingerprint density at radius 1 is 1.10 bits per heavy atom. The highest BCUT2D eigenvalue weighted by Gasteiger charge is 2.40. The van der Waals surface area contributed by atoms with Crippen molar-refractivity contribution in [3.63, 3.8) is 0 Å². The molecule has 0 saturated heterocycles. The molecule has 0 unspecified atom stereocenters. The van der Waals surface area contributed by atoms with Crippen LogP contribution in [0.2, 0.25) is 0 Å². The summed E-state index contributed by atoms with van der Waals surface area (Å²) in [6.45, 7) is 3.93. The van der Waals surface area contributed by atoms with Crippen molar-refractivity contribution < 1.29 is 22.7 Å². The Balaban J connectivity index is 1.72. The zero-order valence-electron chi connectivity index (χ0n) is 16.0. The number of carbonyl (C=O) groups is 1. The highest BCUT2D eigenvalue weighted by atomic mass is 19.4. The molecule has 29 heavy (non-hydrogen) atoms. The van der Waals surface area contributed by atoms with Crippen LogP contribution < -0.4 is 10.1 Å². The van der Waals surface area contributed by atoms with E-state index in [4.69, 9.17) is 4.74 Å². The van der Waals surface area contributed by atoms with E-state index in [0.717, 1.165) is 22.0 Å². The SMILES string of the molecule is Cc1ccc(-n2ncc(C(=O)NCCOc3cccc(C)c3)c2C(F)(F)F)cc1. The molecule has 0 aliphatic heterocycles. The maximum Gasteiger partial charge on any atom is 0.434 e. The molecule has 0 radical (unpaired) electrons. The molecule has 1 amide bonds. The predicted molar refractivity (Wildman–Crippen MR) is 102 cm³/mol. The number of rotatable bonds is 6. The minimum absolute atomic E-state index is 0.0553. The van der Waals surface area contributed by atoms with Crippen LogP contribution in [0.3, 0.4) is 0 Å². The summed E-state index contributed by atoms with van der Waals surface area (Å²) in [4.78, 5) is 12.4. The molecule has 1 N–H and O–H groups in total. The second kappa shape index (κ2) is 8.38. The van der Waals surface area contributed by atoms with Gasteiger partial charge >= 0.3 is 6.18 Å². The largest absolute Gasteiger partial charge is 0.492 e. The van der Waals surface area contributed by atoms with Gasteiger partial charge in [-0.05, 0) is 43.7 Å². The zero-order chi connectivity index (χ0) is 21.0. The highest BCUT2D eigenvalue weighted by molar-refractivity contribution is 5.95. The van der Waals surface area contributed by atoms with Crippen LogP contribution in [0.25, 0.3) is 5.69 Å². The number of carbonyl (C=O) groups excluding carboxylic acids is 1. The summed E-state index contributed by atoms with van der Waals surface area (Å²) < 4.78 is 47.2. The van der Waals surface area contributed by atoms with Crippen molar-refractivity contribution in [2.24, 2.45) is 0 Å². The Morgan fingerprint density at radius 3 is 2.48 bits per heavy atom. The number of alkyl halides is 3. The van der Waals surface area contributed by atoms with E-state index in [0.29, 0.717) is 5.75 Å². The number of aryl methyl sites for hydroxylation is 2. The van der Waals surface area contributed by atoms with Gasteiger partial charge in [0.15, 0.2) is 5.69 Å². The fourth-order valence-electron chi connectivity index (χ4n) is 2.80. The lowest BCUT2D eigenvalue weighted by Crippen LogP contribution is -2.30. The Morgan fingerprint density at radius 2 is 1.83 bits per heavy atom. The second-order valence-corrected chi connectivity index (χ2v) is 6.57. The molecule has 8 heteroatoms. The van der Waals surface area contributed by atoms with E-state index in [9.17, 15) is 18.0 Å². The van der Waals surface area contributed by atoms with Gasteiger partial charge in [-0.25, -0.2) is 4.68 Å². The van der Waals surface area contributed by atoms with Gasteiger partial charge in [0.25, 0.3) is 5.91 Å². The van der Waals surface area contributed by atoms with Gasteiger partial charge in [0.05, 0.1) is 24.0 Å². The maximum absolute atomic E-state index is 13.6. The van der Waals surface area contributed by atoms with Gasteiger partial charge in [0.2, 0.25) is 0 Å². The molecule has 0 saturated carbocycles. The monoisotopic (exact) mass is 403 g/mol. The van der Waals surface area contributed by atoms with Crippen molar-refractivity contribution in [2.75, 3.05) is 13.2 Å². The third-order valence-electron chi connectivity index (χ3n) is 4.21. The molecule has 1 heterocycles. The van der Waals surface area contributed by atoms with E-state index in [1.54, 1.807) is 18.2 Å². The van der Waals surface area contributed by atoms with Gasteiger partial charge in [-0.2, -0.15) is 18.3 Å². The van der Waals surface area contributed by atoms with Crippen LogP contribution in [0.4, 0.5) is 13.2 Å². The number of amides is 1. The molecular formula is C21H20F3N3O2. The molecule has 1 aromatic heterocycles. The number of hydrogen-bond acceptors (Lipinski definition) is 3. The Bertz CT molecular complexity index is 995. The standard InChI is InChI=1S/C21H20F3N3O2/c1-14-6-8-16(9-7-14)27-19(21(22,23)24)18(13-26-27)20(28)25-10-11-29-17-5-3-4-15(2)12-17/h3-9,12-13H,10-11H2,1-2H3,(H,25,28). The van der Waals surface area contributed by atoms with Crippen LogP contribution in [0.5, 0.6) is 5.75 Å². The van der Waals surface area contributed by atoms with Gasteiger partial charge < -0.3 is 10.1 Å². The summed E-state index contributed by atoms with van der Waals surface area (Å²) in [7, 11) is 0. The first-order valence-electron chi connectivity index (χ1n) is 8.95. The normalized spacial score (nSPS) is 11.3. The summed E-state index contributed by atoms with van der Waals surface area (Å²) in [6.07, 6.45) is -3.81. The number of benzene rings is 2. The van der Waals surface area contributed by atoms with E-state index >= 15 is 0 Å². The fourth-order valence-corrected chi connectivity index (χ4v) is 2.80. The van der Waals surface area contributed by atoms with Crippen molar-refractivity contribution in [3.05, 3.63) is 77.1 Å². The number of halogens is 3. The lowest BCUT2D eigenvalue weighted by molar-refractivity contribution is -0.143. The molecule has 0 fully saturated rings. The summed E-state index contributed by atoms with van der Waals surface area (Å²) in [5.41, 5.74) is 0.503. The molecule has 0 atom stereocenters. The quantitative estimate of drug-likeness (QED) is 0.624. The van der Waals surface area contributed by atoms with Gasteiger partial charge in [-0.1, -0.05) is 29.8 Å². The van der Waals surface area contributed by atoms with Gasteiger partial charge in [0, 0.05) is 0 Å². The van der Waals surface area contributed by atoms with Crippen molar-refractivity contribution in [2.45, 2.75) is 20.0 Å². The Labute approximate surface area is 166 Å². The molecule has 0 spiro atoms. The number of nitrogens with zero attached hydrogens (tertiary/aromatic N) is 2. The van der Waals surface area contributed by atoms with Gasteiger partial charge in [0.1, 0.15) is 12.4 Å². The van der Waals surface area contributed by atoms with Crippen molar-refractivity contribution in [1.82, 2.24) is 15.1 Å². The predicted octanol–water partition coefficient (Wildman–Crippen LogP) is 4.32. The third kappa shape index (κ3) is 4.96. The number of nitrogens with one attached hydrogen (secondary N) is 1. The average Bonchev–Trinajstić information content (AvgIpc) is 3.11. The molecule has 152 valence electrons. The van der Waals surface area contributed by atoms with E-state index in [-0.39, 0.29) is 18.8 Å². The van der Waals surface area contributed by atoms with Gasteiger partial charge in [-0.3, -0.25) is 4.79 Å². The minimum atomic E-state index is -4.74. The lowest BCUT2D eigenvalue weighted by Gasteiger charge is -2.13. The Hall–Kier alpha value is -3.29. The van der Waals surface area contributed by atoms with Crippen LogP contribution >= 0.6 is 0 Å². The fraction of sp³-hybridized carbons (Fsp3) is 0.238.